The highest BCUT2D eigenvalue weighted by molar-refractivity contribution is 5.86. The lowest BCUT2D eigenvalue weighted by Gasteiger charge is -2.24. The largest absolute Gasteiger partial charge is 0.423 e. The molecule has 0 fully saturated rings. The number of hydrogen-bond donors (Lipinski definition) is 2. The Bertz CT molecular complexity index is 516. The summed E-state index contributed by atoms with van der Waals surface area (Å²) < 4.78 is 5.63. The Labute approximate surface area is 101 Å². The highest BCUT2D eigenvalue weighted by Gasteiger charge is 2.19. The summed E-state index contributed by atoms with van der Waals surface area (Å²) in [5.41, 5.74) is 7.91. The number of fused-ring (bicyclic) bond motifs is 1. The Morgan fingerprint density at radius 1 is 1.41 bits per heavy atom. The molecule has 3 N–H and O–H groups in total. The van der Waals surface area contributed by atoms with Crippen LogP contribution < -0.4 is 11.1 Å². The standard InChI is InChI=1S/C13H19N3O/c1-4-8-13(2,3)16-12-15-11-9(14)6-5-7-10(11)17-12/h5-7H,4,8,14H2,1-3H3,(H,15,16). The Morgan fingerprint density at radius 3 is 2.82 bits per heavy atom. The Balaban J connectivity index is 2.28. The summed E-state index contributed by atoms with van der Waals surface area (Å²) in [6, 6.07) is 6.10. The number of nitrogens with one attached hydrogen (secondary N) is 1. The van der Waals surface area contributed by atoms with E-state index in [2.05, 4.69) is 31.1 Å². The molecule has 4 heteroatoms. The fraction of sp³-hybridized carbons (Fsp3) is 0.462. The molecule has 2 rings (SSSR count). The second-order valence-electron chi connectivity index (χ2n) is 4.97. The molecule has 0 aliphatic carbocycles. The highest BCUT2D eigenvalue weighted by Crippen LogP contribution is 2.26. The Hall–Kier alpha value is -1.71. The van der Waals surface area contributed by atoms with Crippen LogP contribution in [0, 0.1) is 0 Å². The maximum atomic E-state index is 5.84. The summed E-state index contributed by atoms with van der Waals surface area (Å²) >= 11 is 0. The third kappa shape index (κ3) is 2.52. The third-order valence-electron chi connectivity index (χ3n) is 2.77. The lowest BCUT2D eigenvalue weighted by molar-refractivity contribution is 0.483. The first-order valence-corrected chi connectivity index (χ1v) is 5.95. The summed E-state index contributed by atoms with van der Waals surface area (Å²) in [5.74, 6) is 0. The van der Waals surface area contributed by atoms with Crippen molar-refractivity contribution in [3.05, 3.63) is 18.2 Å². The summed E-state index contributed by atoms with van der Waals surface area (Å²) in [6.45, 7) is 6.43. The number of anilines is 2. The second-order valence-corrected chi connectivity index (χ2v) is 4.97. The molecular formula is C13H19N3O. The molecule has 0 aliphatic rings. The van der Waals surface area contributed by atoms with Crippen LogP contribution in [0.25, 0.3) is 11.1 Å². The minimum absolute atomic E-state index is 0.0234. The molecule has 1 aromatic carbocycles. The van der Waals surface area contributed by atoms with Crippen molar-refractivity contribution in [1.29, 1.82) is 0 Å². The van der Waals surface area contributed by atoms with Crippen LogP contribution >= 0.6 is 0 Å². The molecule has 1 aromatic heterocycles. The molecule has 0 saturated heterocycles. The van der Waals surface area contributed by atoms with Gasteiger partial charge >= 0.3 is 0 Å². The SMILES string of the molecule is CCCC(C)(C)Nc1nc2c(N)cccc2o1. The van der Waals surface area contributed by atoms with Crippen LogP contribution in [0.15, 0.2) is 22.6 Å². The van der Waals surface area contributed by atoms with E-state index in [1.54, 1.807) is 0 Å². The summed E-state index contributed by atoms with van der Waals surface area (Å²) in [4.78, 5) is 4.38. The molecule has 0 amide bonds. The van der Waals surface area contributed by atoms with Gasteiger partial charge < -0.3 is 15.5 Å². The van der Waals surface area contributed by atoms with E-state index in [1.807, 2.05) is 18.2 Å². The number of rotatable bonds is 4. The smallest absolute Gasteiger partial charge is 0.296 e. The zero-order valence-electron chi connectivity index (χ0n) is 10.6. The lowest BCUT2D eigenvalue weighted by Crippen LogP contribution is -2.30. The number of nitrogens with two attached hydrogens (primary N) is 1. The Kier molecular flexibility index (Phi) is 2.96. The van der Waals surface area contributed by atoms with Gasteiger partial charge in [-0.05, 0) is 32.4 Å². The molecule has 0 aliphatic heterocycles. The van der Waals surface area contributed by atoms with E-state index in [1.165, 1.54) is 0 Å². The van der Waals surface area contributed by atoms with Crippen molar-refractivity contribution in [2.75, 3.05) is 11.1 Å². The summed E-state index contributed by atoms with van der Waals surface area (Å²) in [6.07, 6.45) is 2.17. The van der Waals surface area contributed by atoms with Crippen LogP contribution in [0.5, 0.6) is 0 Å². The number of hydrogen-bond acceptors (Lipinski definition) is 4. The van der Waals surface area contributed by atoms with Crippen LogP contribution in [0.1, 0.15) is 33.6 Å². The van der Waals surface area contributed by atoms with Crippen LogP contribution in [-0.2, 0) is 0 Å². The van der Waals surface area contributed by atoms with Gasteiger partial charge in [-0.1, -0.05) is 19.4 Å². The average molecular weight is 233 g/mol. The molecule has 17 heavy (non-hydrogen) atoms. The summed E-state index contributed by atoms with van der Waals surface area (Å²) in [5, 5.41) is 3.30. The van der Waals surface area contributed by atoms with Crippen molar-refractivity contribution in [1.82, 2.24) is 4.98 Å². The molecule has 2 aromatic rings. The van der Waals surface area contributed by atoms with E-state index >= 15 is 0 Å². The van der Waals surface area contributed by atoms with Gasteiger partial charge in [0.05, 0.1) is 5.69 Å². The number of nitrogens with zero attached hydrogens (tertiary/aromatic N) is 1. The minimum atomic E-state index is -0.0234. The van der Waals surface area contributed by atoms with Crippen molar-refractivity contribution in [3.8, 4) is 0 Å². The lowest BCUT2D eigenvalue weighted by atomic mass is 9.99. The van der Waals surface area contributed by atoms with Gasteiger partial charge in [-0.2, -0.15) is 4.98 Å². The maximum absolute atomic E-state index is 5.84. The molecule has 0 unspecified atom stereocenters. The van der Waals surface area contributed by atoms with Gasteiger partial charge in [0.1, 0.15) is 5.52 Å². The van der Waals surface area contributed by atoms with E-state index in [4.69, 9.17) is 10.2 Å². The summed E-state index contributed by atoms with van der Waals surface area (Å²) in [7, 11) is 0. The van der Waals surface area contributed by atoms with Crippen LogP contribution in [0.4, 0.5) is 11.7 Å². The van der Waals surface area contributed by atoms with Gasteiger partial charge in [-0.15, -0.1) is 0 Å². The van der Waals surface area contributed by atoms with Crippen molar-refractivity contribution >= 4 is 22.8 Å². The zero-order chi connectivity index (χ0) is 12.5. The fourth-order valence-electron chi connectivity index (χ4n) is 2.00. The molecule has 1 heterocycles. The van der Waals surface area contributed by atoms with Crippen molar-refractivity contribution in [2.24, 2.45) is 0 Å². The molecule has 92 valence electrons. The molecule has 0 radical (unpaired) electrons. The predicted molar refractivity (Wildman–Crippen MR) is 71.0 cm³/mol. The minimum Gasteiger partial charge on any atom is -0.423 e. The molecule has 0 atom stereocenters. The molecule has 0 bridgehead atoms. The molecule has 4 nitrogen and oxygen atoms in total. The van der Waals surface area contributed by atoms with Gasteiger partial charge in [0.25, 0.3) is 6.01 Å². The van der Waals surface area contributed by atoms with Gasteiger partial charge in [0, 0.05) is 5.54 Å². The quantitative estimate of drug-likeness (QED) is 0.794. The zero-order valence-corrected chi connectivity index (χ0v) is 10.6. The molecule has 0 saturated carbocycles. The van der Waals surface area contributed by atoms with E-state index < -0.39 is 0 Å². The van der Waals surface area contributed by atoms with E-state index in [0.29, 0.717) is 11.7 Å². The van der Waals surface area contributed by atoms with E-state index in [0.717, 1.165) is 23.9 Å². The monoisotopic (exact) mass is 233 g/mol. The molecule has 0 spiro atoms. The second kappa shape index (κ2) is 4.28. The number of para-hydroxylation sites is 1. The first-order chi connectivity index (χ1) is 8.02. The first-order valence-electron chi connectivity index (χ1n) is 5.95. The molecular weight excluding hydrogens is 214 g/mol. The van der Waals surface area contributed by atoms with Crippen LogP contribution in [-0.4, -0.2) is 10.5 Å². The van der Waals surface area contributed by atoms with E-state index in [9.17, 15) is 0 Å². The number of oxazole rings is 1. The Morgan fingerprint density at radius 2 is 2.18 bits per heavy atom. The number of nitrogen functional groups attached to an aromatic ring is 1. The van der Waals surface area contributed by atoms with Crippen molar-refractivity contribution in [3.63, 3.8) is 0 Å². The highest BCUT2D eigenvalue weighted by atomic mass is 16.4. The van der Waals surface area contributed by atoms with E-state index in [-0.39, 0.29) is 5.54 Å². The normalized spacial score (nSPS) is 11.9. The predicted octanol–water partition coefficient (Wildman–Crippen LogP) is 3.40. The first kappa shape index (κ1) is 11.8. The maximum Gasteiger partial charge on any atom is 0.296 e. The van der Waals surface area contributed by atoms with Crippen LogP contribution in [0.3, 0.4) is 0 Å². The third-order valence-corrected chi connectivity index (χ3v) is 2.77. The fourth-order valence-corrected chi connectivity index (χ4v) is 2.00. The van der Waals surface area contributed by atoms with Gasteiger partial charge in [-0.3, -0.25) is 0 Å². The van der Waals surface area contributed by atoms with Gasteiger partial charge in [-0.25, -0.2) is 0 Å². The van der Waals surface area contributed by atoms with Crippen molar-refractivity contribution < 1.29 is 4.42 Å². The van der Waals surface area contributed by atoms with Crippen molar-refractivity contribution in [2.45, 2.75) is 39.2 Å². The topological polar surface area (TPSA) is 64.1 Å². The average Bonchev–Trinajstić information content (AvgIpc) is 2.60. The van der Waals surface area contributed by atoms with Gasteiger partial charge in [0.15, 0.2) is 5.58 Å². The number of aromatic nitrogens is 1. The number of benzene rings is 1. The van der Waals surface area contributed by atoms with Crippen LogP contribution in [0.2, 0.25) is 0 Å². The van der Waals surface area contributed by atoms with Gasteiger partial charge in [0.2, 0.25) is 0 Å².